The standard InChI is InChI=1S/C23H26N4O2S/c1-5-23(3,4)24-21(28)20(17-12-7-6-8-13-17)27(19-14-10-9-11-16(19)2)22(29)18-15-30-26-25-18/h6-15,20H,5H2,1-4H3,(H,24,28)/t20-/m1/s1. The number of nitrogens with zero attached hydrogens (tertiary/aromatic N) is 3. The Kier molecular flexibility index (Phi) is 6.62. The number of nitrogens with one attached hydrogen (secondary N) is 1. The van der Waals surface area contributed by atoms with E-state index < -0.39 is 11.6 Å². The maximum atomic E-state index is 13.6. The van der Waals surface area contributed by atoms with Gasteiger partial charge in [-0.25, -0.2) is 0 Å². The van der Waals surface area contributed by atoms with Crippen LogP contribution in [0.25, 0.3) is 0 Å². The van der Waals surface area contributed by atoms with Gasteiger partial charge in [0.1, 0.15) is 6.04 Å². The molecule has 0 unspecified atom stereocenters. The molecule has 0 spiro atoms. The van der Waals surface area contributed by atoms with Gasteiger partial charge in [0.2, 0.25) is 5.91 Å². The molecular weight excluding hydrogens is 396 g/mol. The monoisotopic (exact) mass is 422 g/mol. The van der Waals surface area contributed by atoms with Crippen LogP contribution in [0.5, 0.6) is 0 Å². The number of rotatable bonds is 7. The van der Waals surface area contributed by atoms with Gasteiger partial charge in [0.25, 0.3) is 5.91 Å². The Hall–Kier alpha value is -3.06. The summed E-state index contributed by atoms with van der Waals surface area (Å²) in [7, 11) is 0. The van der Waals surface area contributed by atoms with Gasteiger partial charge in [0, 0.05) is 16.6 Å². The molecule has 1 N–H and O–H groups in total. The van der Waals surface area contributed by atoms with Gasteiger partial charge in [-0.2, -0.15) is 0 Å². The summed E-state index contributed by atoms with van der Waals surface area (Å²) in [5.41, 5.74) is 2.08. The van der Waals surface area contributed by atoms with Crippen molar-refractivity contribution < 1.29 is 9.59 Å². The molecule has 7 heteroatoms. The van der Waals surface area contributed by atoms with E-state index in [1.54, 1.807) is 5.38 Å². The lowest BCUT2D eigenvalue weighted by Gasteiger charge is -2.35. The van der Waals surface area contributed by atoms with E-state index in [0.717, 1.165) is 29.1 Å². The number of para-hydroxylation sites is 1. The van der Waals surface area contributed by atoms with Crippen molar-refractivity contribution in [1.29, 1.82) is 0 Å². The lowest BCUT2D eigenvalue weighted by Crippen LogP contribution is -2.50. The van der Waals surface area contributed by atoms with E-state index in [4.69, 9.17) is 0 Å². The van der Waals surface area contributed by atoms with Gasteiger partial charge in [-0.1, -0.05) is 59.9 Å². The van der Waals surface area contributed by atoms with Crippen LogP contribution in [0.3, 0.4) is 0 Å². The van der Waals surface area contributed by atoms with Crippen molar-refractivity contribution in [2.45, 2.75) is 45.7 Å². The second kappa shape index (κ2) is 9.17. The number of aryl methyl sites for hydroxylation is 1. The molecule has 0 aliphatic heterocycles. The average Bonchev–Trinajstić information content (AvgIpc) is 3.27. The molecule has 3 aromatic rings. The molecule has 6 nitrogen and oxygen atoms in total. The number of carbonyl (C=O) groups is 2. The Labute approximate surface area is 181 Å². The van der Waals surface area contributed by atoms with Crippen LogP contribution in [0, 0.1) is 6.92 Å². The number of hydrogen-bond donors (Lipinski definition) is 1. The highest BCUT2D eigenvalue weighted by Gasteiger charge is 2.36. The second-order valence-electron chi connectivity index (χ2n) is 7.79. The maximum absolute atomic E-state index is 13.6. The van der Waals surface area contributed by atoms with E-state index in [-0.39, 0.29) is 17.5 Å². The van der Waals surface area contributed by atoms with E-state index >= 15 is 0 Å². The van der Waals surface area contributed by atoms with Crippen LogP contribution in [0.15, 0.2) is 60.0 Å². The number of carbonyl (C=O) groups excluding carboxylic acids is 2. The molecule has 1 atom stereocenters. The summed E-state index contributed by atoms with van der Waals surface area (Å²) in [5, 5.41) is 8.67. The quantitative estimate of drug-likeness (QED) is 0.607. The minimum absolute atomic E-state index is 0.215. The van der Waals surface area contributed by atoms with E-state index in [0.29, 0.717) is 5.69 Å². The molecule has 1 heterocycles. The number of aromatic nitrogens is 2. The molecule has 0 aliphatic rings. The molecule has 0 bridgehead atoms. The molecule has 2 amide bonds. The van der Waals surface area contributed by atoms with Gasteiger partial charge in [-0.3, -0.25) is 14.5 Å². The number of benzene rings is 2. The highest BCUT2D eigenvalue weighted by molar-refractivity contribution is 7.03. The summed E-state index contributed by atoms with van der Waals surface area (Å²) in [4.78, 5) is 28.7. The summed E-state index contributed by atoms with van der Waals surface area (Å²) >= 11 is 1.11. The van der Waals surface area contributed by atoms with Crippen LogP contribution < -0.4 is 10.2 Å². The summed E-state index contributed by atoms with van der Waals surface area (Å²) in [5.74, 6) is -0.607. The van der Waals surface area contributed by atoms with Crippen molar-refractivity contribution in [3.63, 3.8) is 0 Å². The first-order valence-electron chi connectivity index (χ1n) is 9.87. The molecule has 0 fully saturated rings. The number of hydrogen-bond acceptors (Lipinski definition) is 5. The Bertz CT molecular complexity index is 1000. The summed E-state index contributed by atoms with van der Waals surface area (Å²) < 4.78 is 3.83. The molecule has 3 rings (SSSR count). The molecule has 156 valence electrons. The molecule has 30 heavy (non-hydrogen) atoms. The third kappa shape index (κ3) is 4.74. The summed E-state index contributed by atoms with van der Waals surface area (Å²) in [6.45, 7) is 7.88. The van der Waals surface area contributed by atoms with Crippen molar-refractivity contribution in [2.24, 2.45) is 0 Å². The SMILES string of the molecule is CCC(C)(C)NC(=O)[C@@H](c1ccccc1)N(C(=O)c1csnn1)c1ccccc1C. The zero-order valence-corrected chi connectivity index (χ0v) is 18.4. The van der Waals surface area contributed by atoms with Crippen LogP contribution in [0.4, 0.5) is 5.69 Å². The maximum Gasteiger partial charge on any atom is 0.280 e. The normalized spacial score (nSPS) is 12.3. The van der Waals surface area contributed by atoms with Crippen LogP contribution in [-0.4, -0.2) is 26.9 Å². The van der Waals surface area contributed by atoms with E-state index in [9.17, 15) is 9.59 Å². The van der Waals surface area contributed by atoms with Crippen molar-refractivity contribution in [3.8, 4) is 0 Å². The first kappa shape index (κ1) is 21.6. The summed E-state index contributed by atoms with van der Waals surface area (Å²) in [6.07, 6.45) is 0.758. The topological polar surface area (TPSA) is 75.2 Å². The van der Waals surface area contributed by atoms with Crippen LogP contribution in [0.1, 0.15) is 54.8 Å². The third-order valence-electron chi connectivity index (χ3n) is 5.14. The van der Waals surface area contributed by atoms with Gasteiger partial charge in [-0.05, 0) is 55.9 Å². The Morgan fingerprint density at radius 1 is 1.10 bits per heavy atom. The molecule has 0 saturated heterocycles. The molecule has 0 aliphatic carbocycles. The lowest BCUT2D eigenvalue weighted by atomic mass is 9.97. The smallest absolute Gasteiger partial charge is 0.280 e. The molecule has 0 radical (unpaired) electrons. The average molecular weight is 423 g/mol. The first-order chi connectivity index (χ1) is 14.3. The second-order valence-corrected chi connectivity index (χ2v) is 8.40. The molecule has 0 saturated carbocycles. The van der Waals surface area contributed by atoms with Crippen LogP contribution in [0.2, 0.25) is 0 Å². The Morgan fingerprint density at radius 2 is 1.77 bits per heavy atom. The van der Waals surface area contributed by atoms with Gasteiger partial charge in [0.15, 0.2) is 5.69 Å². The van der Waals surface area contributed by atoms with Gasteiger partial charge in [0.05, 0.1) is 0 Å². The van der Waals surface area contributed by atoms with Gasteiger partial charge >= 0.3 is 0 Å². The van der Waals surface area contributed by atoms with Crippen molar-refractivity contribution in [3.05, 3.63) is 76.8 Å². The fourth-order valence-corrected chi connectivity index (χ4v) is 3.55. The first-order valence-corrected chi connectivity index (χ1v) is 10.7. The van der Waals surface area contributed by atoms with Crippen molar-refractivity contribution in [2.75, 3.05) is 4.90 Å². The minimum Gasteiger partial charge on any atom is -0.349 e. The zero-order chi connectivity index (χ0) is 21.7. The lowest BCUT2D eigenvalue weighted by molar-refractivity contribution is -0.124. The van der Waals surface area contributed by atoms with Gasteiger partial charge in [-0.15, -0.1) is 5.10 Å². The highest BCUT2D eigenvalue weighted by Crippen LogP contribution is 2.32. The predicted octanol–water partition coefficient (Wildman–Crippen LogP) is 4.54. The predicted molar refractivity (Wildman–Crippen MR) is 120 cm³/mol. The Morgan fingerprint density at radius 3 is 2.37 bits per heavy atom. The number of amides is 2. The van der Waals surface area contributed by atoms with Crippen LogP contribution in [-0.2, 0) is 4.79 Å². The van der Waals surface area contributed by atoms with Crippen LogP contribution >= 0.6 is 11.5 Å². The largest absolute Gasteiger partial charge is 0.349 e. The third-order valence-corrected chi connectivity index (χ3v) is 5.64. The van der Waals surface area contributed by atoms with Crippen molar-refractivity contribution >= 4 is 29.0 Å². The number of anilines is 1. The van der Waals surface area contributed by atoms with Crippen molar-refractivity contribution in [1.82, 2.24) is 14.9 Å². The van der Waals surface area contributed by atoms with E-state index in [1.165, 1.54) is 4.90 Å². The fourth-order valence-electron chi connectivity index (χ4n) is 3.12. The zero-order valence-electron chi connectivity index (χ0n) is 17.6. The highest BCUT2D eigenvalue weighted by atomic mass is 32.1. The Balaban J connectivity index is 2.17. The fraction of sp³-hybridized carbons (Fsp3) is 0.304. The minimum atomic E-state index is -0.854. The van der Waals surface area contributed by atoms with Gasteiger partial charge < -0.3 is 5.32 Å². The summed E-state index contributed by atoms with van der Waals surface area (Å²) in [6, 6.07) is 16.0. The molecule has 2 aromatic carbocycles. The van der Waals surface area contributed by atoms with E-state index in [1.807, 2.05) is 82.3 Å². The molecular formula is C23H26N4O2S. The molecule has 1 aromatic heterocycles. The van der Waals surface area contributed by atoms with E-state index in [2.05, 4.69) is 14.9 Å².